The van der Waals surface area contributed by atoms with Gasteiger partial charge in [0.2, 0.25) is 11.8 Å². The summed E-state index contributed by atoms with van der Waals surface area (Å²) in [5.74, 6) is -1.49. The van der Waals surface area contributed by atoms with Crippen molar-refractivity contribution in [2.75, 3.05) is 6.54 Å². The van der Waals surface area contributed by atoms with E-state index < -0.39 is 17.4 Å². The van der Waals surface area contributed by atoms with Gasteiger partial charge in [-0.25, -0.2) is 0 Å². The Kier molecular flexibility index (Phi) is 7.80. The third-order valence-corrected chi connectivity index (χ3v) is 4.36. The number of carbonyl (C=O) groups excluding carboxylic acids is 2. The van der Waals surface area contributed by atoms with E-state index in [4.69, 9.17) is 0 Å². The molecular formula is C20H30N2O4. The summed E-state index contributed by atoms with van der Waals surface area (Å²) in [6, 6.07) is 8.09. The summed E-state index contributed by atoms with van der Waals surface area (Å²) >= 11 is 0. The summed E-state index contributed by atoms with van der Waals surface area (Å²) in [4.78, 5) is 36.4. The average molecular weight is 362 g/mol. The van der Waals surface area contributed by atoms with Gasteiger partial charge < -0.3 is 15.7 Å². The van der Waals surface area contributed by atoms with E-state index in [2.05, 4.69) is 10.6 Å². The van der Waals surface area contributed by atoms with Crippen LogP contribution in [0.25, 0.3) is 0 Å². The van der Waals surface area contributed by atoms with Crippen LogP contribution in [-0.2, 0) is 19.8 Å². The second-order valence-corrected chi connectivity index (χ2v) is 7.61. The third-order valence-electron chi connectivity index (χ3n) is 4.36. The SMILES string of the molecule is CC(C)CC(=O)NC(C(=O)NCC(C)(C(=O)O)c1ccccc1)C(C)C. The lowest BCUT2D eigenvalue weighted by Gasteiger charge is -2.28. The van der Waals surface area contributed by atoms with Crippen LogP contribution in [0.5, 0.6) is 0 Å². The first-order chi connectivity index (χ1) is 12.1. The molecule has 0 spiro atoms. The van der Waals surface area contributed by atoms with Crippen LogP contribution in [0.1, 0.15) is 46.6 Å². The fraction of sp³-hybridized carbons (Fsp3) is 0.550. The highest BCUT2D eigenvalue weighted by Crippen LogP contribution is 2.23. The molecule has 2 atom stereocenters. The number of aliphatic carboxylic acids is 1. The van der Waals surface area contributed by atoms with Crippen LogP contribution in [0.2, 0.25) is 0 Å². The smallest absolute Gasteiger partial charge is 0.315 e. The number of carboxylic acids is 1. The van der Waals surface area contributed by atoms with Crippen LogP contribution < -0.4 is 10.6 Å². The van der Waals surface area contributed by atoms with Crippen molar-refractivity contribution in [3.05, 3.63) is 35.9 Å². The molecule has 3 N–H and O–H groups in total. The summed E-state index contributed by atoms with van der Waals surface area (Å²) in [6.45, 7) is 9.06. The zero-order chi connectivity index (χ0) is 19.9. The maximum atomic E-state index is 12.6. The number of amides is 2. The average Bonchev–Trinajstić information content (AvgIpc) is 2.57. The molecular weight excluding hydrogens is 332 g/mol. The van der Waals surface area contributed by atoms with Crippen LogP contribution >= 0.6 is 0 Å². The van der Waals surface area contributed by atoms with Crippen molar-refractivity contribution in [3.8, 4) is 0 Å². The first kappa shape index (κ1) is 21.7. The molecule has 0 saturated carbocycles. The van der Waals surface area contributed by atoms with Crippen LogP contribution in [0.4, 0.5) is 0 Å². The lowest BCUT2D eigenvalue weighted by molar-refractivity contribution is -0.143. The van der Waals surface area contributed by atoms with Gasteiger partial charge in [-0.05, 0) is 24.3 Å². The van der Waals surface area contributed by atoms with E-state index in [9.17, 15) is 19.5 Å². The van der Waals surface area contributed by atoms with E-state index in [1.807, 2.05) is 33.8 Å². The molecule has 2 amide bonds. The largest absolute Gasteiger partial charge is 0.481 e. The number of hydrogen-bond donors (Lipinski definition) is 3. The van der Waals surface area contributed by atoms with Crippen molar-refractivity contribution in [3.63, 3.8) is 0 Å². The van der Waals surface area contributed by atoms with E-state index in [0.717, 1.165) is 0 Å². The molecule has 6 heteroatoms. The van der Waals surface area contributed by atoms with Gasteiger partial charge in [0.1, 0.15) is 11.5 Å². The number of nitrogens with one attached hydrogen (secondary N) is 2. The second kappa shape index (κ2) is 9.36. The number of carboxylic acid groups (broad SMARTS) is 1. The number of carbonyl (C=O) groups is 3. The molecule has 6 nitrogen and oxygen atoms in total. The summed E-state index contributed by atoms with van der Waals surface area (Å²) in [5, 5.41) is 15.1. The molecule has 0 bridgehead atoms. The molecule has 0 aromatic heterocycles. The highest BCUT2D eigenvalue weighted by atomic mass is 16.4. The topological polar surface area (TPSA) is 95.5 Å². The predicted octanol–water partition coefficient (Wildman–Crippen LogP) is 2.33. The Morgan fingerprint density at radius 1 is 1.08 bits per heavy atom. The number of rotatable bonds is 9. The number of benzene rings is 1. The molecule has 0 fully saturated rings. The minimum Gasteiger partial charge on any atom is -0.481 e. The summed E-state index contributed by atoms with van der Waals surface area (Å²) in [7, 11) is 0. The third kappa shape index (κ3) is 5.86. The summed E-state index contributed by atoms with van der Waals surface area (Å²) < 4.78 is 0. The molecule has 1 rings (SSSR count). The molecule has 0 aliphatic carbocycles. The number of hydrogen-bond acceptors (Lipinski definition) is 3. The van der Waals surface area contributed by atoms with Gasteiger partial charge in [0.15, 0.2) is 0 Å². The Hall–Kier alpha value is -2.37. The van der Waals surface area contributed by atoms with Gasteiger partial charge in [0.05, 0.1) is 0 Å². The minimum absolute atomic E-state index is 0.0611. The highest BCUT2D eigenvalue weighted by Gasteiger charge is 2.36. The Morgan fingerprint density at radius 2 is 1.65 bits per heavy atom. The minimum atomic E-state index is -1.25. The Labute approximate surface area is 155 Å². The quantitative estimate of drug-likeness (QED) is 0.628. The van der Waals surface area contributed by atoms with Crippen molar-refractivity contribution < 1.29 is 19.5 Å². The molecule has 1 aromatic rings. The van der Waals surface area contributed by atoms with Gasteiger partial charge in [-0.3, -0.25) is 14.4 Å². The lowest BCUT2D eigenvalue weighted by atomic mass is 9.82. The van der Waals surface area contributed by atoms with Crippen molar-refractivity contribution in [2.24, 2.45) is 11.8 Å². The van der Waals surface area contributed by atoms with E-state index in [-0.39, 0.29) is 30.2 Å². The fourth-order valence-electron chi connectivity index (χ4n) is 2.62. The molecule has 0 aliphatic rings. The van der Waals surface area contributed by atoms with Crippen molar-refractivity contribution in [2.45, 2.75) is 52.5 Å². The summed E-state index contributed by atoms with van der Waals surface area (Å²) in [6.07, 6.45) is 0.341. The van der Waals surface area contributed by atoms with Gasteiger partial charge in [-0.15, -0.1) is 0 Å². The van der Waals surface area contributed by atoms with Crippen LogP contribution in [0.15, 0.2) is 30.3 Å². The maximum absolute atomic E-state index is 12.6. The second-order valence-electron chi connectivity index (χ2n) is 7.61. The van der Waals surface area contributed by atoms with Crippen molar-refractivity contribution in [1.82, 2.24) is 10.6 Å². The highest BCUT2D eigenvalue weighted by molar-refractivity contribution is 5.89. The molecule has 1 aromatic carbocycles. The zero-order valence-electron chi connectivity index (χ0n) is 16.2. The van der Waals surface area contributed by atoms with E-state index in [1.54, 1.807) is 31.2 Å². The van der Waals surface area contributed by atoms with Gasteiger partial charge in [-0.1, -0.05) is 58.0 Å². The van der Waals surface area contributed by atoms with E-state index in [0.29, 0.717) is 12.0 Å². The first-order valence-electron chi connectivity index (χ1n) is 8.94. The lowest BCUT2D eigenvalue weighted by Crippen LogP contribution is -2.53. The van der Waals surface area contributed by atoms with Crippen LogP contribution in [-0.4, -0.2) is 35.5 Å². The molecule has 0 saturated heterocycles. The van der Waals surface area contributed by atoms with Crippen LogP contribution in [0.3, 0.4) is 0 Å². The Balaban J connectivity index is 2.85. The van der Waals surface area contributed by atoms with E-state index >= 15 is 0 Å². The van der Waals surface area contributed by atoms with Gasteiger partial charge in [-0.2, -0.15) is 0 Å². The van der Waals surface area contributed by atoms with Gasteiger partial charge in [0, 0.05) is 13.0 Å². The predicted molar refractivity (Wildman–Crippen MR) is 101 cm³/mol. The monoisotopic (exact) mass is 362 g/mol. The fourth-order valence-corrected chi connectivity index (χ4v) is 2.62. The van der Waals surface area contributed by atoms with Crippen molar-refractivity contribution >= 4 is 17.8 Å². The molecule has 26 heavy (non-hydrogen) atoms. The molecule has 0 aliphatic heterocycles. The first-order valence-corrected chi connectivity index (χ1v) is 8.94. The summed E-state index contributed by atoms with van der Waals surface area (Å²) in [5.41, 5.74) is -0.641. The molecule has 2 unspecified atom stereocenters. The normalized spacial score (nSPS) is 14.6. The molecule has 0 heterocycles. The van der Waals surface area contributed by atoms with Gasteiger partial charge >= 0.3 is 5.97 Å². The molecule has 0 radical (unpaired) electrons. The maximum Gasteiger partial charge on any atom is 0.315 e. The Morgan fingerprint density at radius 3 is 2.12 bits per heavy atom. The van der Waals surface area contributed by atoms with E-state index in [1.165, 1.54) is 0 Å². The standard InChI is InChI=1S/C20H30N2O4/c1-13(2)11-16(23)22-17(14(3)4)18(24)21-12-20(5,19(25)26)15-9-7-6-8-10-15/h6-10,13-14,17H,11-12H2,1-5H3,(H,21,24)(H,22,23)(H,25,26). The van der Waals surface area contributed by atoms with Gasteiger partial charge in [0.25, 0.3) is 0 Å². The molecule has 144 valence electrons. The zero-order valence-corrected chi connectivity index (χ0v) is 16.2. The van der Waals surface area contributed by atoms with Crippen LogP contribution in [0, 0.1) is 11.8 Å². The van der Waals surface area contributed by atoms with Crippen molar-refractivity contribution in [1.29, 1.82) is 0 Å². The Bertz CT molecular complexity index is 628.